The largest absolute Gasteiger partial charge is 0.310 e. The number of benzene rings is 7. The van der Waals surface area contributed by atoms with Gasteiger partial charge in [0.25, 0.3) is 23.6 Å². The van der Waals surface area contributed by atoms with Crippen molar-refractivity contribution in [2.24, 2.45) is 0 Å². The number of hydrogen-bond donors (Lipinski definition) is 0. The minimum atomic E-state index is -0.528. The lowest BCUT2D eigenvalue weighted by atomic mass is 9.96. The van der Waals surface area contributed by atoms with Crippen LogP contribution in [0.1, 0.15) is 42.0 Å². The van der Waals surface area contributed by atoms with E-state index in [4.69, 9.17) is 0 Å². The van der Waals surface area contributed by atoms with Gasteiger partial charge in [-0.05, 0) is 113 Å². The molecule has 0 aliphatic carbocycles. The fourth-order valence-electron chi connectivity index (χ4n) is 9.50. The smallest absolute Gasteiger partial charge is 0.286 e. The number of carbonyl (C=O) groups excluding carboxylic acids is 4. The van der Waals surface area contributed by atoms with E-state index < -0.39 is 23.6 Å². The molecule has 13 heteroatoms. The molecule has 7 aromatic carbocycles. The van der Waals surface area contributed by atoms with E-state index >= 15 is 0 Å². The quantitative estimate of drug-likeness (QED) is 0.106. The number of hydrogen-bond acceptors (Lipinski definition) is 11. The molecule has 0 atom stereocenters. The van der Waals surface area contributed by atoms with Crippen LogP contribution in [0.5, 0.6) is 0 Å². The zero-order valence-electron chi connectivity index (χ0n) is 37.2. The Labute approximate surface area is 404 Å². The number of para-hydroxylation sites is 2. The van der Waals surface area contributed by atoms with Gasteiger partial charge >= 0.3 is 0 Å². The lowest BCUT2D eigenvalue weighted by Gasteiger charge is -2.26. The van der Waals surface area contributed by atoms with Gasteiger partial charge in [0.1, 0.15) is 0 Å². The number of fused-ring (bicyclic) bond motifs is 6. The molecule has 0 radical (unpaired) electrons. The third-order valence-electron chi connectivity index (χ3n) is 12.9. The van der Waals surface area contributed by atoms with Crippen LogP contribution in [-0.2, 0) is 0 Å². The lowest BCUT2D eigenvalue weighted by Crippen LogP contribution is -2.29. The molecule has 2 aliphatic rings. The maximum atomic E-state index is 13.5. The van der Waals surface area contributed by atoms with E-state index in [-0.39, 0.29) is 22.8 Å². The Bertz CT molecular complexity index is 3880. The first-order chi connectivity index (χ1) is 34.9. The fourth-order valence-corrected chi connectivity index (χ4v) is 9.50. The predicted octanol–water partition coefficient (Wildman–Crippen LogP) is 11.6. The molecular formula is C58H33N9O4. The van der Waals surface area contributed by atoms with Crippen LogP contribution in [0.3, 0.4) is 0 Å². The summed E-state index contributed by atoms with van der Waals surface area (Å²) in [5, 5.41) is 4.15. The molecule has 13 rings (SSSR count). The van der Waals surface area contributed by atoms with E-state index in [1.165, 1.54) is 12.4 Å². The Morgan fingerprint density at radius 3 is 1.46 bits per heavy atom. The summed E-state index contributed by atoms with van der Waals surface area (Å²) in [7, 11) is 0. The van der Waals surface area contributed by atoms with Gasteiger partial charge in [0, 0.05) is 51.4 Å². The van der Waals surface area contributed by atoms with Crippen molar-refractivity contribution in [3.63, 3.8) is 0 Å². The minimum Gasteiger partial charge on any atom is -0.310 e. The highest BCUT2D eigenvalue weighted by Gasteiger charge is 2.41. The van der Waals surface area contributed by atoms with Crippen molar-refractivity contribution in [2.75, 3.05) is 14.7 Å². The van der Waals surface area contributed by atoms with Gasteiger partial charge in [0.15, 0.2) is 22.8 Å². The second kappa shape index (κ2) is 16.3. The maximum Gasteiger partial charge on any atom is 0.286 e. The van der Waals surface area contributed by atoms with Crippen LogP contribution in [0, 0.1) is 0 Å². The van der Waals surface area contributed by atoms with E-state index in [1.807, 2.05) is 85.1 Å². The van der Waals surface area contributed by atoms with Gasteiger partial charge in [0.05, 0.1) is 46.2 Å². The molecule has 6 heterocycles. The second-order valence-electron chi connectivity index (χ2n) is 17.0. The van der Waals surface area contributed by atoms with Crippen LogP contribution in [-0.4, -0.2) is 53.5 Å². The average Bonchev–Trinajstić information content (AvgIpc) is 3.83. The van der Waals surface area contributed by atoms with Crippen molar-refractivity contribution in [1.82, 2.24) is 29.9 Å². The minimum absolute atomic E-state index is 0.00138. The summed E-state index contributed by atoms with van der Waals surface area (Å²) in [5.74, 6) is -2.09. The molecule has 334 valence electrons. The topological polar surface area (TPSA) is 155 Å². The van der Waals surface area contributed by atoms with E-state index in [9.17, 15) is 19.2 Å². The predicted molar refractivity (Wildman–Crippen MR) is 272 cm³/mol. The Morgan fingerprint density at radius 2 is 0.873 bits per heavy atom. The van der Waals surface area contributed by atoms with E-state index in [1.54, 1.807) is 54.7 Å². The zero-order valence-corrected chi connectivity index (χ0v) is 37.2. The van der Waals surface area contributed by atoms with E-state index in [0.29, 0.717) is 33.9 Å². The normalized spacial score (nSPS) is 13.1. The molecule has 0 bridgehead atoms. The fraction of sp³-hybridized carbons (Fsp3) is 0. The number of pyridine rings is 2. The van der Waals surface area contributed by atoms with Crippen molar-refractivity contribution in [2.45, 2.75) is 0 Å². The second-order valence-corrected chi connectivity index (χ2v) is 17.0. The molecule has 0 saturated heterocycles. The van der Waals surface area contributed by atoms with Crippen LogP contribution >= 0.6 is 0 Å². The van der Waals surface area contributed by atoms with E-state index in [0.717, 1.165) is 70.6 Å². The van der Waals surface area contributed by atoms with Gasteiger partial charge in [-0.2, -0.15) is 0 Å². The first kappa shape index (κ1) is 41.1. The monoisotopic (exact) mass is 919 g/mol. The van der Waals surface area contributed by atoms with Crippen LogP contribution in [0.2, 0.25) is 0 Å². The summed E-state index contributed by atoms with van der Waals surface area (Å²) in [6, 6.07) is 55.9. The molecule has 0 spiro atoms. The van der Waals surface area contributed by atoms with Crippen molar-refractivity contribution in [3.05, 3.63) is 223 Å². The van der Waals surface area contributed by atoms with Gasteiger partial charge in [-0.25, -0.2) is 29.7 Å². The third-order valence-corrected chi connectivity index (χ3v) is 12.9. The molecule has 0 saturated carbocycles. The number of amides is 4. The van der Waals surface area contributed by atoms with Crippen LogP contribution < -0.4 is 14.7 Å². The molecule has 4 aromatic heterocycles. The molecule has 0 N–H and O–H groups in total. The average molecular weight is 920 g/mol. The molecule has 11 aromatic rings. The molecule has 4 amide bonds. The van der Waals surface area contributed by atoms with Gasteiger partial charge in [-0.1, -0.05) is 84.9 Å². The Morgan fingerprint density at radius 1 is 0.380 bits per heavy atom. The summed E-state index contributed by atoms with van der Waals surface area (Å²) in [4.78, 5) is 85.4. The van der Waals surface area contributed by atoms with E-state index in [2.05, 4.69) is 83.3 Å². The molecular weight excluding hydrogens is 887 g/mol. The molecule has 13 nitrogen and oxygen atoms in total. The SMILES string of the molecule is O=C1c2ncc(-c3ccc(N(c4ccc(-c5cnc6c(n5)C(=O)N(c5ccccc5)C6=O)cc4)c4ccc5cc(-c6ccnc7ccc8ncccc8c67)ccc5c4)cc3)nc2C(=O)N1c1ccccc1. The summed E-state index contributed by atoms with van der Waals surface area (Å²) in [6.07, 6.45) is 6.67. The molecule has 0 unspecified atom stereocenters. The number of imide groups is 2. The number of nitrogens with zero attached hydrogens (tertiary/aromatic N) is 9. The molecule has 71 heavy (non-hydrogen) atoms. The number of carbonyl (C=O) groups is 4. The highest BCUT2D eigenvalue weighted by molar-refractivity contribution is 6.34. The van der Waals surface area contributed by atoms with Crippen LogP contribution in [0.4, 0.5) is 28.4 Å². The standard InChI is InChI=1S/C58H33N9O4/c68-55-51-53(57(70)66(55)39-8-3-1-4-9-39)63-48(32-61-51)34-15-20-41(21-16-34)65(42-22-17-35(18-23-42)49-33-62-52-54(64-49)58(71)67(56(52)69)40-10-5-2-6-11-40)43-24-19-36-30-38(14-13-37(36)31-43)44-27-29-60-47-26-25-46-45(50(44)47)12-7-28-59-46/h1-33H. The third kappa shape index (κ3) is 6.78. The van der Waals surface area contributed by atoms with Crippen molar-refractivity contribution >= 4 is 84.6 Å². The number of anilines is 5. The van der Waals surface area contributed by atoms with Gasteiger partial charge in [-0.3, -0.25) is 29.1 Å². The van der Waals surface area contributed by atoms with Gasteiger partial charge in [0.2, 0.25) is 0 Å². The highest BCUT2D eigenvalue weighted by Crippen LogP contribution is 2.40. The number of aromatic nitrogens is 6. The molecule has 2 aliphatic heterocycles. The maximum absolute atomic E-state index is 13.5. The first-order valence-electron chi connectivity index (χ1n) is 22.7. The Kier molecular flexibility index (Phi) is 9.42. The summed E-state index contributed by atoms with van der Waals surface area (Å²) in [6.45, 7) is 0. The Balaban J connectivity index is 0.864. The summed E-state index contributed by atoms with van der Waals surface area (Å²) >= 11 is 0. The van der Waals surface area contributed by atoms with Gasteiger partial charge in [-0.15, -0.1) is 0 Å². The lowest BCUT2D eigenvalue weighted by molar-refractivity contribution is 0.0907. The number of rotatable bonds is 8. The van der Waals surface area contributed by atoms with Gasteiger partial charge < -0.3 is 4.90 Å². The highest BCUT2D eigenvalue weighted by atomic mass is 16.2. The summed E-state index contributed by atoms with van der Waals surface area (Å²) in [5.41, 5.74) is 9.65. The van der Waals surface area contributed by atoms with Crippen LogP contribution in [0.25, 0.3) is 66.2 Å². The van der Waals surface area contributed by atoms with Crippen molar-refractivity contribution in [3.8, 4) is 33.6 Å². The summed E-state index contributed by atoms with van der Waals surface area (Å²) < 4.78 is 0. The Hall–Kier alpha value is -10.1. The van der Waals surface area contributed by atoms with Crippen molar-refractivity contribution < 1.29 is 19.2 Å². The first-order valence-corrected chi connectivity index (χ1v) is 22.7. The van der Waals surface area contributed by atoms with Crippen molar-refractivity contribution in [1.29, 1.82) is 0 Å². The zero-order chi connectivity index (χ0) is 47.7. The van der Waals surface area contributed by atoms with Crippen LogP contribution in [0.15, 0.2) is 201 Å². The molecule has 0 fully saturated rings.